The minimum atomic E-state index is -0.768. The molecule has 172 valence electrons. The molecule has 32 heavy (non-hydrogen) atoms. The number of hydrogen-bond donors (Lipinski definition) is 2. The summed E-state index contributed by atoms with van der Waals surface area (Å²) >= 11 is 0. The Bertz CT molecular complexity index is 1020. The molecular formula is C22H29N5O5. The Labute approximate surface area is 186 Å². The molecular weight excluding hydrogens is 414 g/mol. The number of nitrogens with zero attached hydrogens (tertiary/aromatic N) is 4. The van der Waals surface area contributed by atoms with E-state index < -0.39 is 12.1 Å². The molecule has 2 saturated carbocycles. The molecule has 0 aliphatic heterocycles. The molecule has 2 heterocycles. The number of aliphatic carboxylic acids is 1. The Morgan fingerprint density at radius 3 is 2.78 bits per heavy atom. The van der Waals surface area contributed by atoms with Gasteiger partial charge in [-0.05, 0) is 57.6 Å². The molecule has 2 aliphatic carbocycles. The summed E-state index contributed by atoms with van der Waals surface area (Å²) in [7, 11) is 1.68. The van der Waals surface area contributed by atoms with Crippen molar-refractivity contribution in [3.8, 4) is 17.1 Å². The number of ether oxygens (including phenoxy) is 2. The van der Waals surface area contributed by atoms with Crippen LogP contribution in [0.25, 0.3) is 11.4 Å². The number of carboxylic acids is 1. The number of rotatable bonds is 7. The van der Waals surface area contributed by atoms with Crippen LogP contribution in [0.3, 0.4) is 0 Å². The van der Waals surface area contributed by atoms with Crippen LogP contribution in [-0.2, 0) is 16.6 Å². The third-order valence-corrected chi connectivity index (χ3v) is 6.25. The van der Waals surface area contributed by atoms with Crippen LogP contribution in [0.1, 0.15) is 51.1 Å². The SMILES string of the molecule is Cc1nc(-c2nnn(C)c2NC(=O)OCC2(C)CC2)ccc1O[C@H]1CCC[C@H](C(=O)O)C1. The van der Waals surface area contributed by atoms with E-state index in [2.05, 4.69) is 27.5 Å². The van der Waals surface area contributed by atoms with Crippen molar-refractivity contribution in [2.45, 2.75) is 58.5 Å². The first-order valence-electron chi connectivity index (χ1n) is 10.9. The van der Waals surface area contributed by atoms with Crippen molar-refractivity contribution in [2.75, 3.05) is 11.9 Å². The lowest BCUT2D eigenvalue weighted by Crippen LogP contribution is -2.29. The predicted molar refractivity (Wildman–Crippen MR) is 115 cm³/mol. The van der Waals surface area contributed by atoms with E-state index in [1.165, 1.54) is 4.68 Å². The molecule has 0 bridgehead atoms. The molecule has 4 rings (SSSR count). The molecule has 2 aromatic heterocycles. The highest BCUT2D eigenvalue weighted by atomic mass is 16.5. The molecule has 0 saturated heterocycles. The van der Waals surface area contributed by atoms with Gasteiger partial charge in [0, 0.05) is 12.5 Å². The van der Waals surface area contributed by atoms with Gasteiger partial charge in [-0.3, -0.25) is 10.1 Å². The summed E-state index contributed by atoms with van der Waals surface area (Å²) < 4.78 is 12.9. The fourth-order valence-electron chi connectivity index (χ4n) is 3.86. The van der Waals surface area contributed by atoms with Crippen LogP contribution < -0.4 is 10.1 Å². The van der Waals surface area contributed by atoms with Crippen LogP contribution in [-0.4, -0.2) is 49.9 Å². The normalized spacial score (nSPS) is 21.6. The lowest BCUT2D eigenvalue weighted by molar-refractivity contribution is -0.143. The second-order valence-electron chi connectivity index (χ2n) is 9.14. The first-order chi connectivity index (χ1) is 15.2. The third kappa shape index (κ3) is 5.00. The van der Waals surface area contributed by atoms with Crippen molar-refractivity contribution in [1.29, 1.82) is 0 Å². The number of carbonyl (C=O) groups excluding carboxylic acids is 1. The van der Waals surface area contributed by atoms with Gasteiger partial charge in [-0.25, -0.2) is 14.5 Å². The molecule has 0 aromatic carbocycles. The maximum Gasteiger partial charge on any atom is 0.412 e. The van der Waals surface area contributed by atoms with Gasteiger partial charge in [0.2, 0.25) is 0 Å². The van der Waals surface area contributed by atoms with Crippen LogP contribution in [0, 0.1) is 18.3 Å². The highest BCUT2D eigenvalue weighted by Crippen LogP contribution is 2.45. The highest BCUT2D eigenvalue weighted by molar-refractivity contribution is 5.88. The van der Waals surface area contributed by atoms with Gasteiger partial charge < -0.3 is 14.6 Å². The zero-order chi connectivity index (χ0) is 22.9. The van der Waals surface area contributed by atoms with E-state index in [9.17, 15) is 14.7 Å². The van der Waals surface area contributed by atoms with Gasteiger partial charge in [-0.15, -0.1) is 5.10 Å². The fraction of sp³-hybridized carbons (Fsp3) is 0.591. The highest BCUT2D eigenvalue weighted by Gasteiger charge is 2.38. The van der Waals surface area contributed by atoms with Gasteiger partial charge in [0.1, 0.15) is 5.75 Å². The van der Waals surface area contributed by atoms with Gasteiger partial charge in [0.25, 0.3) is 0 Å². The summed E-state index contributed by atoms with van der Waals surface area (Å²) in [6.07, 6.45) is 4.27. The third-order valence-electron chi connectivity index (χ3n) is 6.25. The number of hydrogen-bond acceptors (Lipinski definition) is 7. The number of amides is 1. The van der Waals surface area contributed by atoms with Gasteiger partial charge in [0.05, 0.1) is 30.0 Å². The Kier molecular flexibility index (Phi) is 6.03. The number of anilines is 1. The van der Waals surface area contributed by atoms with Gasteiger partial charge in [0.15, 0.2) is 11.5 Å². The molecule has 0 spiro atoms. The summed E-state index contributed by atoms with van der Waals surface area (Å²) in [4.78, 5) is 28.1. The maximum absolute atomic E-state index is 12.3. The van der Waals surface area contributed by atoms with Crippen molar-refractivity contribution in [2.24, 2.45) is 18.4 Å². The predicted octanol–water partition coefficient (Wildman–Crippen LogP) is 3.56. The number of carboxylic acid groups (broad SMARTS) is 1. The van der Waals surface area contributed by atoms with Crippen molar-refractivity contribution in [3.63, 3.8) is 0 Å². The van der Waals surface area contributed by atoms with Crippen LogP contribution >= 0.6 is 0 Å². The monoisotopic (exact) mass is 443 g/mol. The summed E-state index contributed by atoms with van der Waals surface area (Å²) in [5, 5.41) is 20.2. The van der Waals surface area contributed by atoms with E-state index in [1.54, 1.807) is 19.2 Å². The number of pyridine rings is 1. The summed E-state index contributed by atoms with van der Waals surface area (Å²) in [6.45, 7) is 4.29. The molecule has 0 unspecified atom stereocenters. The Morgan fingerprint density at radius 2 is 2.09 bits per heavy atom. The lowest BCUT2D eigenvalue weighted by atomic mass is 9.87. The van der Waals surface area contributed by atoms with E-state index in [-0.39, 0.29) is 17.4 Å². The van der Waals surface area contributed by atoms with Gasteiger partial charge in [-0.2, -0.15) is 0 Å². The minimum Gasteiger partial charge on any atom is -0.489 e. The topological polar surface area (TPSA) is 128 Å². The first-order valence-corrected chi connectivity index (χ1v) is 10.9. The number of nitrogens with one attached hydrogen (secondary N) is 1. The van der Waals surface area contributed by atoms with Gasteiger partial charge in [-0.1, -0.05) is 12.1 Å². The second kappa shape index (κ2) is 8.76. The molecule has 2 atom stereocenters. The summed E-state index contributed by atoms with van der Waals surface area (Å²) in [5.74, 6) is -0.124. The van der Waals surface area contributed by atoms with Crippen molar-refractivity contribution in [1.82, 2.24) is 20.0 Å². The second-order valence-corrected chi connectivity index (χ2v) is 9.14. The smallest absolute Gasteiger partial charge is 0.412 e. The van der Waals surface area contributed by atoms with Crippen molar-refractivity contribution < 1.29 is 24.2 Å². The van der Waals surface area contributed by atoms with E-state index in [1.807, 2.05) is 6.92 Å². The molecule has 1 amide bonds. The quantitative estimate of drug-likeness (QED) is 0.665. The molecule has 10 heteroatoms. The maximum atomic E-state index is 12.3. The van der Waals surface area contributed by atoms with Crippen LogP contribution in [0.15, 0.2) is 12.1 Å². The Balaban J connectivity index is 1.45. The zero-order valence-electron chi connectivity index (χ0n) is 18.6. The number of carbonyl (C=O) groups is 2. The summed E-state index contributed by atoms with van der Waals surface area (Å²) in [5.41, 5.74) is 1.72. The molecule has 2 aliphatic rings. The number of aromatic nitrogens is 4. The fourth-order valence-corrected chi connectivity index (χ4v) is 3.86. The summed E-state index contributed by atoms with van der Waals surface area (Å²) in [6, 6.07) is 3.55. The lowest BCUT2D eigenvalue weighted by Gasteiger charge is -2.27. The van der Waals surface area contributed by atoms with Crippen molar-refractivity contribution in [3.05, 3.63) is 17.8 Å². The van der Waals surface area contributed by atoms with E-state index >= 15 is 0 Å². The van der Waals surface area contributed by atoms with Crippen LogP contribution in [0.4, 0.5) is 10.6 Å². The molecule has 2 aromatic rings. The van der Waals surface area contributed by atoms with Crippen molar-refractivity contribution >= 4 is 17.9 Å². The van der Waals surface area contributed by atoms with Crippen LogP contribution in [0.2, 0.25) is 0 Å². The molecule has 2 fully saturated rings. The molecule has 2 N–H and O–H groups in total. The average molecular weight is 444 g/mol. The Hall–Kier alpha value is -3.17. The Morgan fingerprint density at radius 1 is 1.31 bits per heavy atom. The van der Waals surface area contributed by atoms with E-state index in [4.69, 9.17) is 9.47 Å². The van der Waals surface area contributed by atoms with E-state index in [0.29, 0.717) is 48.1 Å². The molecule has 0 radical (unpaired) electrons. The standard InChI is InChI=1S/C22H29N5O5/c1-13-17(32-15-6-4-5-14(11-15)20(28)29)8-7-16(23-13)18-19(27(3)26-25-18)24-21(30)31-12-22(2)9-10-22/h7-8,14-15H,4-6,9-12H2,1-3H3,(H,24,30)(H,28,29)/t14-,15-/m0/s1. The minimum absolute atomic E-state index is 0.0994. The first kappa shape index (κ1) is 22.0. The zero-order valence-corrected chi connectivity index (χ0v) is 18.6. The largest absolute Gasteiger partial charge is 0.489 e. The number of aryl methyl sites for hydroxylation is 2. The van der Waals surface area contributed by atoms with E-state index in [0.717, 1.165) is 25.7 Å². The molecule has 10 nitrogen and oxygen atoms in total. The average Bonchev–Trinajstić information content (AvgIpc) is 3.40. The van der Waals surface area contributed by atoms with Crippen LogP contribution in [0.5, 0.6) is 5.75 Å². The van der Waals surface area contributed by atoms with Gasteiger partial charge >= 0.3 is 12.1 Å².